The van der Waals surface area contributed by atoms with Gasteiger partial charge in [0.05, 0.1) is 19.3 Å². The van der Waals surface area contributed by atoms with Crippen molar-refractivity contribution in [3.63, 3.8) is 0 Å². The number of benzene rings is 2. The number of nitrogens with zero attached hydrogens (tertiary/aromatic N) is 7. The molecule has 0 unspecified atom stereocenters. The van der Waals surface area contributed by atoms with Gasteiger partial charge in [0.25, 0.3) is 18.3 Å². The Hall–Kier alpha value is -6.18. The number of carbonyl (C=O) groups is 3. The molecule has 1 aliphatic rings. The average Bonchev–Trinajstić information content (AvgIpc) is 3.64. The first-order valence-electron chi connectivity index (χ1n) is 16.4. The van der Waals surface area contributed by atoms with Gasteiger partial charge < -0.3 is 28.9 Å². The van der Waals surface area contributed by atoms with Crippen LogP contribution in [0.3, 0.4) is 0 Å². The smallest absolute Gasteiger partial charge is 0.290 e. The zero-order valence-corrected chi connectivity index (χ0v) is 28.1. The van der Waals surface area contributed by atoms with Crippen molar-refractivity contribution in [1.82, 2.24) is 34.3 Å². The van der Waals surface area contributed by atoms with Crippen LogP contribution >= 0.6 is 0 Å². The van der Waals surface area contributed by atoms with Crippen molar-refractivity contribution in [2.75, 3.05) is 39.9 Å². The van der Waals surface area contributed by atoms with E-state index >= 15 is 0 Å². The lowest BCUT2D eigenvalue weighted by Gasteiger charge is -2.25. The Morgan fingerprint density at radius 3 is 2.25 bits per heavy atom. The maximum atomic E-state index is 14.5. The maximum Gasteiger partial charge on any atom is 0.290 e. The number of imidazole rings is 1. The van der Waals surface area contributed by atoms with Gasteiger partial charge >= 0.3 is 0 Å². The van der Waals surface area contributed by atoms with E-state index in [4.69, 9.17) is 19.4 Å². The molecule has 0 radical (unpaired) electrons. The minimum absolute atomic E-state index is 0.0783. The number of carbonyl (C=O) groups excluding carboxylic acids is 2. The van der Waals surface area contributed by atoms with E-state index in [0.717, 1.165) is 11.4 Å². The number of aromatic nitrogens is 5. The second-order valence-electron chi connectivity index (χ2n) is 11.4. The minimum Gasteiger partial charge on any atom is -0.494 e. The molecule has 14 heteroatoms. The highest BCUT2D eigenvalue weighted by Gasteiger charge is 2.21. The molecule has 5 aromatic rings. The molecule has 0 saturated carbocycles. The molecule has 2 bridgehead atoms. The predicted octanol–water partition coefficient (Wildman–Crippen LogP) is 5.10. The fourth-order valence-electron chi connectivity index (χ4n) is 5.61. The third-order valence-corrected chi connectivity index (χ3v) is 8.13. The standard InChI is InChI=1S/C36H36FN7O4.CH2O2/c1-47-32-12-11-27(23-30(32)37)35(45)43-15-4-5-16-44(36(46)28-24-40-33(41-25-28)31-10-2-3-13-38-31)20-19-42-18-14-39-34(42)26-8-6-9-29(22-26)48-21-7-17-43;2-1-3/h2-3,6,8-14,18,22-25H,4-5,7,15-17,19-21H2,1H3;1H,(H,2,3). The van der Waals surface area contributed by atoms with Crippen molar-refractivity contribution in [3.05, 3.63) is 109 Å². The van der Waals surface area contributed by atoms with Crippen molar-refractivity contribution >= 4 is 18.3 Å². The zero-order valence-electron chi connectivity index (χ0n) is 28.1. The number of rotatable bonds is 4. The Morgan fingerprint density at radius 2 is 1.55 bits per heavy atom. The second-order valence-corrected chi connectivity index (χ2v) is 11.4. The molecule has 6 rings (SSSR count). The lowest BCUT2D eigenvalue weighted by Crippen LogP contribution is -2.36. The van der Waals surface area contributed by atoms with Crippen LogP contribution in [0, 0.1) is 5.82 Å². The summed E-state index contributed by atoms with van der Waals surface area (Å²) in [6.07, 6.45) is 10.2. The number of halogens is 1. The van der Waals surface area contributed by atoms with Gasteiger partial charge in [0, 0.05) is 74.8 Å². The van der Waals surface area contributed by atoms with Crippen LogP contribution in [0.5, 0.6) is 11.5 Å². The Bertz CT molecular complexity index is 1910. The van der Waals surface area contributed by atoms with E-state index in [9.17, 15) is 14.0 Å². The van der Waals surface area contributed by atoms with Crippen LogP contribution < -0.4 is 9.47 Å². The molecular weight excluding hydrogens is 657 g/mol. The lowest BCUT2D eigenvalue weighted by molar-refractivity contribution is -0.122. The summed E-state index contributed by atoms with van der Waals surface area (Å²) in [6, 6.07) is 17.4. The fraction of sp³-hybridized carbons (Fsp3) is 0.270. The molecule has 2 aromatic carbocycles. The molecular formula is C37H38FN7O6. The molecule has 3 aromatic heterocycles. The summed E-state index contributed by atoms with van der Waals surface area (Å²) < 4.78 is 27.6. The topological polar surface area (TPSA) is 153 Å². The summed E-state index contributed by atoms with van der Waals surface area (Å²) >= 11 is 0. The number of methoxy groups -OCH3 is 1. The summed E-state index contributed by atoms with van der Waals surface area (Å²) in [5, 5.41) is 6.89. The lowest BCUT2D eigenvalue weighted by atomic mass is 10.1. The number of carboxylic acid groups (broad SMARTS) is 1. The largest absolute Gasteiger partial charge is 0.494 e. The van der Waals surface area contributed by atoms with Crippen LogP contribution in [-0.4, -0.2) is 97.6 Å². The molecule has 1 N–H and O–H groups in total. The van der Waals surface area contributed by atoms with E-state index in [1.807, 2.05) is 53.2 Å². The zero-order chi connectivity index (χ0) is 36.0. The van der Waals surface area contributed by atoms with Crippen LogP contribution in [0.15, 0.2) is 91.6 Å². The minimum atomic E-state index is -0.594. The van der Waals surface area contributed by atoms with Crippen molar-refractivity contribution in [2.24, 2.45) is 0 Å². The van der Waals surface area contributed by atoms with E-state index in [2.05, 4.69) is 19.9 Å². The highest BCUT2D eigenvalue weighted by molar-refractivity contribution is 5.94. The van der Waals surface area contributed by atoms with Crippen LogP contribution in [0.25, 0.3) is 22.9 Å². The van der Waals surface area contributed by atoms with E-state index in [-0.39, 0.29) is 29.6 Å². The van der Waals surface area contributed by atoms with Gasteiger partial charge in [-0.3, -0.25) is 19.4 Å². The molecule has 0 aliphatic carbocycles. The third-order valence-electron chi connectivity index (χ3n) is 8.13. The second kappa shape index (κ2) is 18.0. The number of amides is 2. The van der Waals surface area contributed by atoms with Crippen molar-refractivity contribution in [2.45, 2.75) is 25.8 Å². The van der Waals surface area contributed by atoms with Crippen LogP contribution in [-0.2, 0) is 11.3 Å². The van der Waals surface area contributed by atoms with Crippen molar-refractivity contribution in [1.29, 1.82) is 0 Å². The Kier molecular flexibility index (Phi) is 12.7. The molecule has 1 aliphatic heterocycles. The molecule has 4 heterocycles. The SMILES string of the molecule is COc1ccc(C(=O)N2CCCCN(C(=O)c3cnc(-c4ccccn4)nc3)CCn3ccnc3-c3cccc(c3)OCCC2)cc1F.O=CO. The van der Waals surface area contributed by atoms with Crippen molar-refractivity contribution in [3.8, 4) is 34.4 Å². The first kappa shape index (κ1) is 36.1. The summed E-state index contributed by atoms with van der Waals surface area (Å²) in [5.41, 5.74) is 2.12. The number of hydrogen-bond acceptors (Lipinski definition) is 9. The van der Waals surface area contributed by atoms with E-state index < -0.39 is 5.82 Å². The monoisotopic (exact) mass is 695 g/mol. The Balaban J connectivity index is 0.00000162. The van der Waals surface area contributed by atoms with Gasteiger partial charge in [0.2, 0.25) is 0 Å². The summed E-state index contributed by atoms with van der Waals surface area (Å²) in [6.45, 7) is 2.35. The molecule has 2 amide bonds. The van der Waals surface area contributed by atoms with E-state index in [1.165, 1.54) is 31.6 Å². The van der Waals surface area contributed by atoms with Gasteiger partial charge in [-0.25, -0.2) is 19.3 Å². The summed E-state index contributed by atoms with van der Waals surface area (Å²) in [4.78, 5) is 57.0. The molecule has 264 valence electrons. The first-order valence-corrected chi connectivity index (χ1v) is 16.4. The molecule has 0 saturated heterocycles. The quantitative estimate of drug-likeness (QED) is 0.252. The molecule has 0 atom stereocenters. The van der Waals surface area contributed by atoms with Gasteiger partial charge in [-0.05, 0) is 61.7 Å². The molecule has 13 nitrogen and oxygen atoms in total. The van der Waals surface area contributed by atoms with Gasteiger partial charge in [-0.1, -0.05) is 18.2 Å². The van der Waals surface area contributed by atoms with Gasteiger partial charge in [-0.2, -0.15) is 0 Å². The van der Waals surface area contributed by atoms with Crippen LogP contribution in [0.2, 0.25) is 0 Å². The highest BCUT2D eigenvalue weighted by Crippen LogP contribution is 2.24. The molecule has 51 heavy (non-hydrogen) atoms. The summed E-state index contributed by atoms with van der Waals surface area (Å²) in [7, 11) is 1.38. The van der Waals surface area contributed by atoms with Crippen LogP contribution in [0.4, 0.5) is 4.39 Å². The van der Waals surface area contributed by atoms with Crippen molar-refractivity contribution < 1.29 is 33.4 Å². The molecule has 0 fully saturated rings. The highest BCUT2D eigenvalue weighted by atomic mass is 19.1. The number of fused-ring (bicyclic) bond motifs is 4. The first-order chi connectivity index (χ1) is 24.9. The van der Waals surface area contributed by atoms with E-state index in [0.29, 0.717) is 81.4 Å². The normalized spacial score (nSPS) is 13.8. The maximum absolute atomic E-state index is 14.5. The van der Waals surface area contributed by atoms with Crippen LogP contribution in [0.1, 0.15) is 40.0 Å². The van der Waals surface area contributed by atoms with E-state index in [1.54, 1.807) is 28.3 Å². The Morgan fingerprint density at radius 1 is 0.824 bits per heavy atom. The average molecular weight is 696 g/mol. The van der Waals surface area contributed by atoms with Gasteiger partial charge in [-0.15, -0.1) is 0 Å². The summed E-state index contributed by atoms with van der Waals surface area (Å²) in [5.74, 6) is 0.903. The fourth-order valence-corrected chi connectivity index (χ4v) is 5.61. The number of hydrogen-bond donors (Lipinski definition) is 1. The number of ether oxygens (including phenoxy) is 2. The Labute approximate surface area is 294 Å². The van der Waals surface area contributed by atoms with Gasteiger partial charge in [0.1, 0.15) is 17.3 Å². The predicted molar refractivity (Wildman–Crippen MR) is 186 cm³/mol. The number of pyridine rings is 1. The molecule has 0 spiro atoms. The third kappa shape index (κ3) is 9.50. The van der Waals surface area contributed by atoms with Gasteiger partial charge in [0.15, 0.2) is 17.4 Å².